The zero-order chi connectivity index (χ0) is 16.4. The predicted octanol–water partition coefficient (Wildman–Crippen LogP) is 4.80. The molecule has 1 nitrogen and oxygen atoms in total. The van der Waals surface area contributed by atoms with Crippen molar-refractivity contribution in [2.24, 2.45) is 0 Å². The normalized spacial score (nSPS) is 15.5. The maximum absolute atomic E-state index is 6.80. The Bertz CT molecular complexity index is 796. The molecule has 0 heterocycles. The summed E-state index contributed by atoms with van der Waals surface area (Å²) in [6.07, 6.45) is 0. The van der Waals surface area contributed by atoms with E-state index in [4.69, 9.17) is 7.57 Å². The van der Waals surface area contributed by atoms with Gasteiger partial charge in [0.25, 0.3) is 0 Å². The molecule has 23 heavy (non-hydrogen) atoms. The topological polar surface area (TPSA) is 3.24 Å². The zero-order valence-electron chi connectivity index (χ0n) is 14.0. The number of hydrogen-bond donors (Lipinski definition) is 0. The molecule has 0 aliphatic heterocycles. The average Bonchev–Trinajstić information content (AvgIpc) is 2.60. The van der Waals surface area contributed by atoms with Crippen LogP contribution in [0.4, 0.5) is 0 Å². The summed E-state index contributed by atoms with van der Waals surface area (Å²) in [4.78, 5) is 0. The van der Waals surface area contributed by atoms with Crippen LogP contribution < -0.4 is 5.30 Å². The largest absolute Gasteiger partial charge is 0.274 e. The monoisotopic (exact) mass is 318 g/mol. The van der Waals surface area contributed by atoms with E-state index in [1.807, 2.05) is 6.07 Å². The molecule has 1 unspecified atom stereocenters. The molecule has 0 saturated heterocycles. The summed E-state index contributed by atoms with van der Waals surface area (Å²) in [5, 5.41) is 3.82. The Hall–Kier alpha value is -1.63. The number of fused-ring (bicyclic) bond motifs is 1. The van der Waals surface area contributed by atoms with Crippen LogP contribution in [-0.4, -0.2) is 25.9 Å². The van der Waals surface area contributed by atoms with E-state index >= 15 is 0 Å². The minimum Gasteiger partial charge on any atom is -0.274 e. The molecule has 0 aromatic heterocycles. The lowest BCUT2D eigenvalue weighted by Crippen LogP contribution is -2.29. The second kappa shape index (κ2) is 6.47. The van der Waals surface area contributed by atoms with Crippen molar-refractivity contribution in [2.75, 3.05) is 13.7 Å². The first-order chi connectivity index (χ1) is 11.0. The maximum Gasteiger partial charge on any atom is 0.0620 e. The highest BCUT2D eigenvalue weighted by atomic mass is 31.2. The molecule has 0 fully saturated rings. The molecule has 0 saturated carbocycles. The Morgan fingerprint density at radius 2 is 1.48 bits per heavy atom. The van der Waals surface area contributed by atoms with E-state index in [0.29, 0.717) is 0 Å². The van der Waals surface area contributed by atoms with Crippen LogP contribution >= 0.6 is 7.29 Å². The van der Waals surface area contributed by atoms with Gasteiger partial charge in [0.2, 0.25) is 0 Å². The molecule has 0 aliphatic carbocycles. The van der Waals surface area contributed by atoms with Crippen LogP contribution in [0, 0.1) is 0 Å². The van der Waals surface area contributed by atoms with Crippen molar-refractivity contribution in [3.8, 4) is 0 Å². The molecule has 3 heteroatoms. The Morgan fingerprint density at radius 3 is 2.22 bits per heavy atom. The fourth-order valence-electron chi connectivity index (χ4n) is 3.09. The predicted molar refractivity (Wildman–Crippen MR) is 105 cm³/mol. The molecule has 0 bridgehead atoms. The van der Waals surface area contributed by atoms with Gasteiger partial charge >= 0.3 is 0 Å². The van der Waals surface area contributed by atoms with Crippen LogP contribution in [0.25, 0.3) is 10.8 Å². The highest BCUT2D eigenvalue weighted by Gasteiger charge is 2.27. The standard InChI is InChI=1S/C20H22BNP/c1-16(19-15-9-11-17-10-7-8-14-20(17)19)22(2)23(3,21)18-12-5-4-6-13-18/h4-16H,1-3H3/t16-,23?/m0/s1. The summed E-state index contributed by atoms with van der Waals surface area (Å²) >= 11 is 0. The van der Waals surface area contributed by atoms with Crippen molar-refractivity contribution in [1.29, 1.82) is 0 Å². The van der Waals surface area contributed by atoms with Crippen molar-refractivity contribution in [1.82, 2.24) is 4.67 Å². The van der Waals surface area contributed by atoms with E-state index in [1.165, 1.54) is 21.6 Å². The van der Waals surface area contributed by atoms with Crippen LogP contribution in [0.1, 0.15) is 18.5 Å². The van der Waals surface area contributed by atoms with Gasteiger partial charge in [-0.1, -0.05) is 60.7 Å². The molecular weight excluding hydrogens is 296 g/mol. The maximum atomic E-state index is 6.80. The summed E-state index contributed by atoms with van der Waals surface area (Å²) in [6, 6.07) is 25.8. The highest BCUT2D eigenvalue weighted by Crippen LogP contribution is 2.55. The highest BCUT2D eigenvalue weighted by molar-refractivity contribution is 8.00. The number of nitrogens with zero attached hydrogens (tertiary/aromatic N) is 1. The van der Waals surface area contributed by atoms with Gasteiger partial charge in [-0.2, -0.15) is 7.29 Å². The summed E-state index contributed by atoms with van der Waals surface area (Å²) in [7, 11) is 7.09. The molecule has 0 N–H and O–H groups in total. The van der Waals surface area contributed by atoms with Crippen LogP contribution in [0.2, 0.25) is 0 Å². The quantitative estimate of drug-likeness (QED) is 0.493. The summed E-state index contributed by atoms with van der Waals surface area (Å²) in [5.41, 5.74) is 1.33. The summed E-state index contributed by atoms with van der Waals surface area (Å²) in [5.74, 6) is 0. The fourth-order valence-corrected chi connectivity index (χ4v) is 5.07. The molecule has 0 spiro atoms. The second-order valence-corrected chi connectivity index (χ2v) is 9.38. The third-order valence-electron chi connectivity index (χ3n) is 4.77. The van der Waals surface area contributed by atoms with Gasteiger partial charge in [0.15, 0.2) is 0 Å². The van der Waals surface area contributed by atoms with Crippen LogP contribution in [0.3, 0.4) is 0 Å². The lowest BCUT2D eigenvalue weighted by Gasteiger charge is -2.44. The van der Waals surface area contributed by atoms with Gasteiger partial charge in [0.1, 0.15) is 0 Å². The molecule has 3 aromatic rings. The van der Waals surface area contributed by atoms with Crippen molar-refractivity contribution in [3.05, 3.63) is 78.4 Å². The molecular formula is C20H22BNP. The van der Waals surface area contributed by atoms with E-state index in [0.717, 1.165) is 0 Å². The molecule has 3 rings (SSSR count). The Morgan fingerprint density at radius 1 is 0.870 bits per heavy atom. The van der Waals surface area contributed by atoms with E-state index < -0.39 is 7.29 Å². The van der Waals surface area contributed by atoms with Crippen molar-refractivity contribution in [3.63, 3.8) is 0 Å². The molecule has 3 radical (unpaired) electrons. The number of rotatable bonds is 4. The third kappa shape index (κ3) is 3.07. The van der Waals surface area contributed by atoms with E-state index in [9.17, 15) is 0 Å². The minimum absolute atomic E-state index is 0.254. The summed E-state index contributed by atoms with van der Waals surface area (Å²) < 4.78 is 2.35. The van der Waals surface area contributed by atoms with Crippen LogP contribution in [-0.2, 0) is 0 Å². The van der Waals surface area contributed by atoms with Gasteiger partial charge in [-0.3, -0.25) is 7.57 Å². The van der Waals surface area contributed by atoms with Crippen molar-refractivity contribution >= 4 is 30.9 Å². The smallest absolute Gasteiger partial charge is 0.0620 e. The molecule has 115 valence electrons. The lowest BCUT2D eigenvalue weighted by atomic mass is 10.00. The Balaban J connectivity index is 2.00. The summed E-state index contributed by atoms with van der Waals surface area (Å²) in [6.45, 7) is 4.43. The van der Waals surface area contributed by atoms with Gasteiger partial charge < -0.3 is 0 Å². The molecule has 2 atom stereocenters. The zero-order valence-corrected chi connectivity index (χ0v) is 14.9. The van der Waals surface area contributed by atoms with Crippen molar-refractivity contribution in [2.45, 2.75) is 13.0 Å². The van der Waals surface area contributed by atoms with E-state index in [2.05, 4.69) is 92.0 Å². The molecule has 3 aromatic carbocycles. The SMILES string of the molecule is [B-][P+](C)(c1ccccc1)N(C)[C@@H](C)c1cccc2ccccc12. The minimum atomic E-state index is -1.85. The number of hydrogen-bond acceptors (Lipinski definition) is 1. The number of benzene rings is 3. The van der Waals surface area contributed by atoms with Gasteiger partial charge in [0.05, 0.1) is 11.3 Å². The van der Waals surface area contributed by atoms with E-state index in [1.54, 1.807) is 0 Å². The van der Waals surface area contributed by atoms with Gasteiger partial charge in [0, 0.05) is 13.7 Å². The Kier molecular flexibility index (Phi) is 4.57. The third-order valence-corrected chi connectivity index (χ3v) is 7.77. The van der Waals surface area contributed by atoms with Crippen molar-refractivity contribution < 1.29 is 0 Å². The first kappa shape index (κ1) is 16.2. The van der Waals surface area contributed by atoms with Crippen LogP contribution in [0.5, 0.6) is 0 Å². The Labute approximate surface area is 141 Å². The molecule has 0 amide bonds. The second-order valence-electron chi connectivity index (χ2n) is 6.18. The van der Waals surface area contributed by atoms with E-state index in [-0.39, 0.29) is 6.04 Å². The average molecular weight is 318 g/mol. The first-order valence-corrected chi connectivity index (χ1v) is 10.2. The van der Waals surface area contributed by atoms with Gasteiger partial charge in [-0.15, -0.1) is 0 Å². The van der Waals surface area contributed by atoms with Gasteiger partial charge in [-0.05, 0) is 35.4 Å². The van der Waals surface area contributed by atoms with Crippen LogP contribution in [0.15, 0.2) is 72.8 Å². The molecule has 0 aliphatic rings. The van der Waals surface area contributed by atoms with Gasteiger partial charge in [-0.25, -0.2) is 4.67 Å². The fraction of sp³-hybridized carbons (Fsp3) is 0.200. The lowest BCUT2D eigenvalue weighted by molar-refractivity contribution is 0.442. The first-order valence-electron chi connectivity index (χ1n) is 7.93.